The lowest BCUT2D eigenvalue weighted by atomic mass is 9.72. The number of hydrogen-bond acceptors (Lipinski definition) is 7. The molecule has 2 heterocycles. The van der Waals surface area contributed by atoms with E-state index in [4.69, 9.17) is 14.2 Å². The summed E-state index contributed by atoms with van der Waals surface area (Å²) >= 11 is 0. The molecular weight excluding hydrogens is 410 g/mol. The molecule has 176 valence electrons. The Morgan fingerprint density at radius 1 is 1.16 bits per heavy atom. The predicted octanol–water partition coefficient (Wildman–Crippen LogP) is 2.55. The van der Waals surface area contributed by atoms with Gasteiger partial charge in [0.15, 0.2) is 6.29 Å². The molecule has 0 radical (unpaired) electrons. The summed E-state index contributed by atoms with van der Waals surface area (Å²) in [5, 5.41) is 34.1. The third kappa shape index (κ3) is 4.45. The fraction of sp³-hybridized carbons (Fsp3) is 0.600. The predicted molar refractivity (Wildman–Crippen MR) is 122 cm³/mol. The van der Waals surface area contributed by atoms with Crippen LogP contribution in [0.4, 0.5) is 5.69 Å². The molecule has 0 spiro atoms. The van der Waals surface area contributed by atoms with E-state index < -0.39 is 30.7 Å². The van der Waals surface area contributed by atoms with Crippen molar-refractivity contribution < 1.29 is 29.5 Å². The van der Waals surface area contributed by atoms with Crippen LogP contribution in [0.2, 0.25) is 0 Å². The number of ether oxygens (including phenoxy) is 3. The van der Waals surface area contributed by atoms with E-state index in [0.29, 0.717) is 0 Å². The SMILES string of the molecule is CCC1(Cc2ccc3c(c2)NCC(C)(C)O3)C=CC([C@@H]2O[C@H](OC)[C@@H](O)[C@H](O)[C@H]2O)=CC1. The Bertz CT molecular complexity index is 894. The number of aliphatic hydroxyl groups excluding tert-OH is 3. The van der Waals surface area contributed by atoms with Crippen molar-refractivity contribution >= 4 is 5.69 Å². The highest BCUT2D eigenvalue weighted by Crippen LogP contribution is 2.41. The second-order valence-electron chi connectivity index (χ2n) is 9.81. The van der Waals surface area contributed by atoms with Crippen molar-refractivity contribution in [2.75, 3.05) is 19.0 Å². The number of aliphatic hydroxyl groups is 3. The minimum absolute atomic E-state index is 0.0507. The molecule has 1 aromatic carbocycles. The summed E-state index contributed by atoms with van der Waals surface area (Å²) in [5.74, 6) is 0.883. The first-order chi connectivity index (χ1) is 15.2. The number of rotatable bonds is 5. The van der Waals surface area contributed by atoms with Crippen LogP contribution in [0.3, 0.4) is 0 Å². The standard InChI is InChI=1S/C25H35NO6/c1-5-25(13-15-6-7-18-17(12-15)26-14-24(2,3)32-18)10-8-16(9-11-25)22-20(28)19(27)21(29)23(30-4)31-22/h6-10,12,19-23,26-29H,5,11,13-14H2,1-4H3/t19-,20-,21+,22+,23+,25?/m1/s1. The highest BCUT2D eigenvalue weighted by atomic mass is 16.7. The Balaban J connectivity index is 1.48. The molecule has 0 saturated carbocycles. The molecule has 4 rings (SSSR count). The fourth-order valence-corrected chi connectivity index (χ4v) is 4.74. The number of allylic oxidation sites excluding steroid dienone is 2. The number of fused-ring (bicyclic) bond motifs is 1. The fourth-order valence-electron chi connectivity index (χ4n) is 4.74. The average Bonchev–Trinajstić information content (AvgIpc) is 2.78. The Morgan fingerprint density at radius 3 is 2.59 bits per heavy atom. The van der Waals surface area contributed by atoms with Crippen LogP contribution >= 0.6 is 0 Å². The zero-order valence-electron chi connectivity index (χ0n) is 19.2. The molecule has 1 aromatic rings. The maximum Gasteiger partial charge on any atom is 0.186 e. The van der Waals surface area contributed by atoms with E-state index >= 15 is 0 Å². The molecule has 7 nitrogen and oxygen atoms in total. The Hall–Kier alpha value is -1.90. The van der Waals surface area contributed by atoms with Gasteiger partial charge in [-0.1, -0.05) is 31.2 Å². The van der Waals surface area contributed by atoms with Gasteiger partial charge in [-0.15, -0.1) is 0 Å². The zero-order chi connectivity index (χ0) is 23.1. The van der Waals surface area contributed by atoms with E-state index in [1.54, 1.807) is 0 Å². The van der Waals surface area contributed by atoms with Gasteiger partial charge in [-0.05, 0) is 61.8 Å². The monoisotopic (exact) mass is 445 g/mol. The second-order valence-corrected chi connectivity index (χ2v) is 9.81. The summed E-state index contributed by atoms with van der Waals surface area (Å²) in [6.07, 6.45) is 3.25. The quantitative estimate of drug-likeness (QED) is 0.553. The maximum absolute atomic E-state index is 10.5. The summed E-state index contributed by atoms with van der Waals surface area (Å²) in [6, 6.07) is 6.34. The van der Waals surface area contributed by atoms with Gasteiger partial charge in [0.05, 0.1) is 12.2 Å². The molecule has 1 unspecified atom stereocenters. The van der Waals surface area contributed by atoms with Crippen LogP contribution in [-0.4, -0.2) is 65.3 Å². The van der Waals surface area contributed by atoms with E-state index in [-0.39, 0.29) is 11.0 Å². The maximum atomic E-state index is 10.5. The highest BCUT2D eigenvalue weighted by Gasteiger charge is 2.45. The third-order valence-electron chi connectivity index (χ3n) is 6.90. The van der Waals surface area contributed by atoms with Gasteiger partial charge >= 0.3 is 0 Å². The topological polar surface area (TPSA) is 100 Å². The number of hydrogen-bond donors (Lipinski definition) is 4. The van der Waals surface area contributed by atoms with E-state index in [2.05, 4.69) is 50.4 Å². The highest BCUT2D eigenvalue weighted by molar-refractivity contribution is 5.60. The van der Waals surface area contributed by atoms with Crippen molar-refractivity contribution in [2.24, 2.45) is 5.41 Å². The van der Waals surface area contributed by atoms with Gasteiger partial charge in [0.2, 0.25) is 0 Å². The molecule has 0 aromatic heterocycles. The molecule has 3 aliphatic rings. The molecule has 7 heteroatoms. The molecule has 6 atom stereocenters. The lowest BCUT2D eigenvalue weighted by Gasteiger charge is -2.41. The summed E-state index contributed by atoms with van der Waals surface area (Å²) in [5.41, 5.74) is 2.78. The van der Waals surface area contributed by atoms with Crippen LogP contribution in [0.1, 0.15) is 39.2 Å². The first-order valence-corrected chi connectivity index (χ1v) is 11.3. The van der Waals surface area contributed by atoms with E-state index in [1.165, 1.54) is 12.7 Å². The smallest absolute Gasteiger partial charge is 0.186 e. The van der Waals surface area contributed by atoms with Crippen molar-refractivity contribution in [3.63, 3.8) is 0 Å². The zero-order valence-corrected chi connectivity index (χ0v) is 19.2. The molecule has 0 bridgehead atoms. The summed E-state index contributed by atoms with van der Waals surface area (Å²) in [4.78, 5) is 0. The molecule has 1 saturated heterocycles. The Morgan fingerprint density at radius 2 is 1.94 bits per heavy atom. The molecular formula is C25H35NO6. The van der Waals surface area contributed by atoms with Crippen molar-refractivity contribution in [2.45, 2.75) is 76.3 Å². The molecule has 1 aliphatic carbocycles. The lowest BCUT2D eigenvalue weighted by molar-refractivity contribution is -0.281. The van der Waals surface area contributed by atoms with Crippen molar-refractivity contribution in [3.05, 3.63) is 47.6 Å². The van der Waals surface area contributed by atoms with Crippen LogP contribution in [0, 0.1) is 5.41 Å². The molecule has 32 heavy (non-hydrogen) atoms. The minimum atomic E-state index is -1.33. The Labute approximate surface area is 189 Å². The normalized spacial score (nSPS) is 36.0. The van der Waals surface area contributed by atoms with Gasteiger partial charge in [0.25, 0.3) is 0 Å². The second kappa shape index (κ2) is 8.80. The van der Waals surface area contributed by atoms with E-state index in [0.717, 1.165) is 42.8 Å². The van der Waals surface area contributed by atoms with Crippen molar-refractivity contribution in [1.29, 1.82) is 0 Å². The van der Waals surface area contributed by atoms with Crippen molar-refractivity contribution in [1.82, 2.24) is 0 Å². The first-order valence-electron chi connectivity index (χ1n) is 11.3. The number of anilines is 1. The van der Waals surface area contributed by atoms with Crippen LogP contribution < -0.4 is 10.1 Å². The van der Waals surface area contributed by atoms with Gasteiger partial charge in [-0.3, -0.25) is 0 Å². The number of benzene rings is 1. The van der Waals surface area contributed by atoms with E-state index in [9.17, 15) is 15.3 Å². The third-order valence-corrected chi connectivity index (χ3v) is 6.90. The van der Waals surface area contributed by atoms with E-state index in [1.807, 2.05) is 12.1 Å². The summed E-state index contributed by atoms with van der Waals surface area (Å²) in [6.45, 7) is 7.09. The minimum Gasteiger partial charge on any atom is -0.484 e. The van der Waals surface area contributed by atoms with Gasteiger partial charge in [-0.25, -0.2) is 0 Å². The molecule has 4 N–H and O–H groups in total. The first kappa shape index (κ1) is 23.3. The van der Waals surface area contributed by atoms with Crippen LogP contribution in [0.5, 0.6) is 5.75 Å². The number of methoxy groups -OCH3 is 1. The largest absolute Gasteiger partial charge is 0.484 e. The van der Waals surface area contributed by atoms with Gasteiger partial charge in [0, 0.05) is 7.11 Å². The van der Waals surface area contributed by atoms with Crippen LogP contribution in [-0.2, 0) is 15.9 Å². The lowest BCUT2D eigenvalue weighted by Crippen LogP contribution is -2.58. The average molecular weight is 446 g/mol. The van der Waals surface area contributed by atoms with Crippen LogP contribution in [0.25, 0.3) is 0 Å². The molecule has 1 fully saturated rings. The Kier molecular flexibility index (Phi) is 6.40. The van der Waals surface area contributed by atoms with Crippen LogP contribution in [0.15, 0.2) is 42.0 Å². The van der Waals surface area contributed by atoms with Gasteiger partial charge < -0.3 is 34.8 Å². The van der Waals surface area contributed by atoms with Gasteiger partial charge in [0.1, 0.15) is 35.8 Å². The number of nitrogens with one attached hydrogen (secondary N) is 1. The molecule has 2 aliphatic heterocycles. The summed E-state index contributed by atoms with van der Waals surface area (Å²) in [7, 11) is 1.40. The molecule has 0 amide bonds. The summed E-state index contributed by atoms with van der Waals surface area (Å²) < 4.78 is 16.9. The van der Waals surface area contributed by atoms with Gasteiger partial charge in [-0.2, -0.15) is 0 Å². The van der Waals surface area contributed by atoms with Crippen molar-refractivity contribution in [3.8, 4) is 5.75 Å².